The highest BCUT2D eigenvalue weighted by atomic mass is 32.2. The van der Waals surface area contributed by atoms with Crippen LogP contribution >= 0.6 is 24.0 Å². The van der Waals surface area contributed by atoms with Gasteiger partial charge in [0.15, 0.2) is 0 Å². The lowest BCUT2D eigenvalue weighted by Gasteiger charge is -2.07. The third-order valence-electron chi connectivity index (χ3n) is 2.28. The minimum atomic E-state index is -0.213. The molecular formula is C14H12FNS2. The van der Waals surface area contributed by atoms with E-state index >= 15 is 0 Å². The van der Waals surface area contributed by atoms with Crippen molar-refractivity contribution < 1.29 is 4.39 Å². The first-order chi connectivity index (χ1) is 8.74. The molecule has 0 aliphatic carbocycles. The molecule has 18 heavy (non-hydrogen) atoms. The molecule has 1 N–H and O–H groups in total. The van der Waals surface area contributed by atoms with Gasteiger partial charge in [-0.15, -0.1) is 0 Å². The van der Waals surface area contributed by atoms with E-state index in [0.29, 0.717) is 10.1 Å². The summed E-state index contributed by atoms with van der Waals surface area (Å²) in [5.41, 5.74) is 1.89. The van der Waals surface area contributed by atoms with Crippen LogP contribution < -0.4 is 5.32 Å². The number of hydrogen-bond donors (Lipinski definition) is 1. The summed E-state index contributed by atoms with van der Waals surface area (Å²) >= 11 is 6.71. The van der Waals surface area contributed by atoms with Crippen LogP contribution in [0.2, 0.25) is 0 Å². The van der Waals surface area contributed by atoms with Gasteiger partial charge in [-0.3, -0.25) is 0 Å². The quantitative estimate of drug-likeness (QED) is 0.832. The Morgan fingerprint density at radius 2 is 1.89 bits per heavy atom. The number of para-hydroxylation sites is 1. The van der Waals surface area contributed by atoms with Crippen LogP contribution in [0.3, 0.4) is 0 Å². The molecule has 2 aromatic rings. The predicted molar refractivity (Wildman–Crippen MR) is 80.4 cm³/mol. The monoisotopic (exact) mass is 277 g/mol. The van der Waals surface area contributed by atoms with E-state index in [9.17, 15) is 4.39 Å². The summed E-state index contributed by atoms with van der Waals surface area (Å²) in [4.78, 5) is 0. The summed E-state index contributed by atoms with van der Waals surface area (Å²) in [5.74, 6) is 0.450. The van der Waals surface area contributed by atoms with Crippen LogP contribution in [0.25, 0.3) is 0 Å². The number of benzene rings is 2. The molecule has 0 atom stereocenters. The maximum atomic E-state index is 13.0. The van der Waals surface area contributed by atoms with E-state index in [1.807, 2.05) is 36.4 Å². The number of halogens is 1. The van der Waals surface area contributed by atoms with Crippen molar-refractivity contribution in [1.29, 1.82) is 0 Å². The lowest BCUT2D eigenvalue weighted by Crippen LogP contribution is -2.04. The SMILES string of the molecule is Fc1cccc(CSC(=S)Nc2ccccc2)c1. The number of anilines is 1. The van der Waals surface area contributed by atoms with Gasteiger partial charge in [0.05, 0.1) is 0 Å². The van der Waals surface area contributed by atoms with Gasteiger partial charge in [0.25, 0.3) is 0 Å². The molecule has 1 nitrogen and oxygen atoms in total. The van der Waals surface area contributed by atoms with Crippen LogP contribution in [0.1, 0.15) is 5.56 Å². The van der Waals surface area contributed by atoms with E-state index in [4.69, 9.17) is 12.2 Å². The van der Waals surface area contributed by atoms with Crippen molar-refractivity contribution in [2.75, 3.05) is 5.32 Å². The first kappa shape index (κ1) is 13.1. The second-order valence-corrected chi connectivity index (χ2v) is 5.35. The minimum absolute atomic E-state index is 0.213. The van der Waals surface area contributed by atoms with E-state index in [1.54, 1.807) is 6.07 Å². The molecule has 0 aromatic heterocycles. The van der Waals surface area contributed by atoms with Gasteiger partial charge in [-0.1, -0.05) is 54.3 Å². The summed E-state index contributed by atoms with van der Waals surface area (Å²) in [6, 6.07) is 16.3. The molecule has 0 spiro atoms. The Kier molecular flexibility index (Phi) is 4.73. The summed E-state index contributed by atoms with van der Waals surface area (Å²) in [7, 11) is 0. The fourth-order valence-electron chi connectivity index (χ4n) is 1.45. The molecule has 0 unspecified atom stereocenters. The lowest BCUT2D eigenvalue weighted by atomic mass is 10.2. The Bertz CT molecular complexity index is 528. The van der Waals surface area contributed by atoms with Crippen molar-refractivity contribution in [1.82, 2.24) is 0 Å². The highest BCUT2D eigenvalue weighted by Crippen LogP contribution is 2.17. The molecule has 0 saturated heterocycles. The molecule has 0 radical (unpaired) electrons. The van der Waals surface area contributed by atoms with Gasteiger partial charge in [0.1, 0.15) is 10.1 Å². The van der Waals surface area contributed by atoms with Crippen LogP contribution in [0.5, 0.6) is 0 Å². The molecule has 0 aliphatic rings. The Morgan fingerprint density at radius 3 is 2.61 bits per heavy atom. The second-order valence-electron chi connectivity index (χ2n) is 3.70. The van der Waals surface area contributed by atoms with Crippen LogP contribution in [0.15, 0.2) is 54.6 Å². The first-order valence-electron chi connectivity index (χ1n) is 5.47. The van der Waals surface area contributed by atoms with Crippen LogP contribution in [0.4, 0.5) is 10.1 Å². The number of thiocarbonyl (C=S) groups is 1. The van der Waals surface area contributed by atoms with Gasteiger partial charge in [0.2, 0.25) is 0 Å². The number of rotatable bonds is 3. The van der Waals surface area contributed by atoms with E-state index < -0.39 is 0 Å². The fourth-order valence-corrected chi connectivity index (χ4v) is 2.41. The average Bonchev–Trinajstić information content (AvgIpc) is 2.38. The van der Waals surface area contributed by atoms with Gasteiger partial charge in [-0.2, -0.15) is 0 Å². The summed E-state index contributed by atoms with van der Waals surface area (Å²) in [6.07, 6.45) is 0. The van der Waals surface area contributed by atoms with Crippen molar-refractivity contribution in [2.45, 2.75) is 5.75 Å². The van der Waals surface area contributed by atoms with E-state index in [2.05, 4.69) is 5.32 Å². The first-order valence-corrected chi connectivity index (χ1v) is 6.87. The van der Waals surface area contributed by atoms with E-state index in [1.165, 1.54) is 23.9 Å². The molecule has 0 bridgehead atoms. The van der Waals surface area contributed by atoms with Gasteiger partial charge in [-0.25, -0.2) is 4.39 Å². The standard InChI is InChI=1S/C14H12FNS2/c15-12-6-4-5-11(9-12)10-18-14(17)16-13-7-2-1-3-8-13/h1-9H,10H2,(H,16,17). The largest absolute Gasteiger partial charge is 0.341 e. The molecule has 0 heterocycles. The Balaban J connectivity index is 1.85. The van der Waals surface area contributed by atoms with E-state index in [0.717, 1.165) is 11.3 Å². The number of hydrogen-bond acceptors (Lipinski definition) is 2. The maximum Gasteiger partial charge on any atom is 0.138 e. The van der Waals surface area contributed by atoms with Crippen LogP contribution in [0, 0.1) is 5.82 Å². The topological polar surface area (TPSA) is 12.0 Å². The van der Waals surface area contributed by atoms with Crippen molar-refractivity contribution in [3.8, 4) is 0 Å². The van der Waals surface area contributed by atoms with Gasteiger partial charge in [0, 0.05) is 11.4 Å². The summed E-state index contributed by atoms with van der Waals surface area (Å²) in [6.45, 7) is 0. The van der Waals surface area contributed by atoms with Crippen molar-refractivity contribution in [3.63, 3.8) is 0 Å². The predicted octanol–water partition coefficient (Wildman–Crippen LogP) is 4.46. The third-order valence-corrected chi connectivity index (χ3v) is 3.58. The highest BCUT2D eigenvalue weighted by Gasteiger charge is 2.00. The van der Waals surface area contributed by atoms with Crippen molar-refractivity contribution in [3.05, 3.63) is 66.0 Å². The summed E-state index contributed by atoms with van der Waals surface area (Å²) < 4.78 is 13.7. The molecule has 92 valence electrons. The number of thioether (sulfide) groups is 1. The smallest absolute Gasteiger partial charge is 0.138 e. The second kappa shape index (κ2) is 6.52. The van der Waals surface area contributed by atoms with E-state index in [-0.39, 0.29) is 5.82 Å². The van der Waals surface area contributed by atoms with Gasteiger partial charge < -0.3 is 5.32 Å². The Hall–Kier alpha value is -1.39. The normalized spacial score (nSPS) is 10.1. The Labute approximate surface area is 115 Å². The van der Waals surface area contributed by atoms with Crippen molar-refractivity contribution >= 4 is 34.0 Å². The van der Waals surface area contributed by atoms with Crippen molar-refractivity contribution in [2.24, 2.45) is 0 Å². The molecule has 0 fully saturated rings. The zero-order valence-electron chi connectivity index (χ0n) is 9.60. The Morgan fingerprint density at radius 1 is 1.11 bits per heavy atom. The summed E-state index contributed by atoms with van der Waals surface area (Å²) in [5, 5.41) is 3.13. The zero-order valence-corrected chi connectivity index (χ0v) is 11.2. The van der Waals surface area contributed by atoms with Crippen LogP contribution in [-0.4, -0.2) is 4.32 Å². The molecular weight excluding hydrogens is 265 g/mol. The average molecular weight is 277 g/mol. The molecule has 2 rings (SSSR count). The minimum Gasteiger partial charge on any atom is -0.341 e. The molecule has 0 aliphatic heterocycles. The number of nitrogens with one attached hydrogen (secondary N) is 1. The zero-order chi connectivity index (χ0) is 12.8. The lowest BCUT2D eigenvalue weighted by molar-refractivity contribution is 0.626. The molecule has 2 aromatic carbocycles. The molecule has 0 amide bonds. The molecule has 4 heteroatoms. The fraction of sp³-hybridized carbons (Fsp3) is 0.0714. The molecule has 0 saturated carbocycles. The third kappa shape index (κ3) is 4.13. The van der Waals surface area contributed by atoms with Gasteiger partial charge in [-0.05, 0) is 29.8 Å². The van der Waals surface area contributed by atoms with Crippen LogP contribution in [-0.2, 0) is 5.75 Å². The maximum absolute atomic E-state index is 13.0. The van der Waals surface area contributed by atoms with Gasteiger partial charge >= 0.3 is 0 Å². The highest BCUT2D eigenvalue weighted by molar-refractivity contribution is 8.22.